The molecule has 2 N–H and O–H groups in total. The summed E-state index contributed by atoms with van der Waals surface area (Å²) in [5, 5.41) is 7.39. The molecule has 1 fully saturated rings. The van der Waals surface area contributed by atoms with Crippen molar-refractivity contribution in [2.75, 3.05) is 49.5 Å². The van der Waals surface area contributed by atoms with E-state index in [-0.39, 0.29) is 10.8 Å². The molecule has 7 heteroatoms. The van der Waals surface area contributed by atoms with Crippen molar-refractivity contribution in [1.29, 1.82) is 0 Å². The van der Waals surface area contributed by atoms with Crippen molar-refractivity contribution < 1.29 is 4.39 Å². The summed E-state index contributed by atoms with van der Waals surface area (Å²) in [7, 11) is 0. The van der Waals surface area contributed by atoms with E-state index in [0.29, 0.717) is 5.11 Å². The number of anilines is 2. The standard InChI is InChI=1S/C21H26ClFN4S/c1-15-4-3-5-20(16(15)2)25-21(28)24-8-9-26-10-12-27(13-11-26)17-6-7-19(23)18(22)14-17/h3-7,14H,8-13H2,1-2H3,(H2,24,25,28). The van der Waals surface area contributed by atoms with Crippen molar-refractivity contribution in [2.24, 2.45) is 0 Å². The fourth-order valence-corrected chi connectivity index (χ4v) is 3.68. The molecule has 3 rings (SSSR count). The largest absolute Gasteiger partial charge is 0.369 e. The minimum atomic E-state index is -0.374. The molecule has 1 aliphatic rings. The normalized spacial score (nSPS) is 14.8. The molecule has 2 aromatic carbocycles. The smallest absolute Gasteiger partial charge is 0.170 e. The van der Waals surface area contributed by atoms with Crippen LogP contribution in [0, 0.1) is 19.7 Å². The van der Waals surface area contributed by atoms with Crippen LogP contribution >= 0.6 is 23.8 Å². The van der Waals surface area contributed by atoms with E-state index in [1.54, 1.807) is 12.1 Å². The summed E-state index contributed by atoms with van der Waals surface area (Å²) < 4.78 is 13.3. The molecule has 0 saturated carbocycles. The molecule has 1 heterocycles. The van der Waals surface area contributed by atoms with Crippen molar-refractivity contribution in [2.45, 2.75) is 13.8 Å². The van der Waals surface area contributed by atoms with E-state index in [1.165, 1.54) is 17.2 Å². The summed E-state index contributed by atoms with van der Waals surface area (Å²) in [6.07, 6.45) is 0. The second-order valence-electron chi connectivity index (χ2n) is 7.06. The van der Waals surface area contributed by atoms with Crippen LogP contribution in [-0.4, -0.2) is 49.3 Å². The number of halogens is 2. The van der Waals surface area contributed by atoms with Crippen LogP contribution in [0.4, 0.5) is 15.8 Å². The van der Waals surface area contributed by atoms with Gasteiger partial charge in [0.25, 0.3) is 0 Å². The van der Waals surface area contributed by atoms with Gasteiger partial charge in [0, 0.05) is 50.6 Å². The van der Waals surface area contributed by atoms with Crippen LogP contribution in [0.25, 0.3) is 0 Å². The van der Waals surface area contributed by atoms with Gasteiger partial charge in [-0.1, -0.05) is 23.7 Å². The van der Waals surface area contributed by atoms with Crippen molar-refractivity contribution in [3.8, 4) is 0 Å². The van der Waals surface area contributed by atoms with Crippen LogP contribution < -0.4 is 15.5 Å². The van der Waals surface area contributed by atoms with Crippen molar-refractivity contribution in [1.82, 2.24) is 10.2 Å². The Balaban J connectivity index is 1.40. The maximum absolute atomic E-state index is 13.3. The number of aryl methyl sites for hydroxylation is 1. The van der Waals surface area contributed by atoms with E-state index in [4.69, 9.17) is 23.8 Å². The molecule has 1 saturated heterocycles. The molecule has 150 valence electrons. The van der Waals surface area contributed by atoms with Crippen molar-refractivity contribution in [3.05, 3.63) is 58.4 Å². The number of piperazine rings is 1. The summed E-state index contributed by atoms with van der Waals surface area (Å²) >= 11 is 11.3. The second-order valence-corrected chi connectivity index (χ2v) is 7.87. The highest BCUT2D eigenvalue weighted by atomic mass is 35.5. The minimum absolute atomic E-state index is 0.175. The lowest BCUT2D eigenvalue weighted by Crippen LogP contribution is -2.48. The Bertz CT molecular complexity index is 837. The first-order chi connectivity index (χ1) is 13.4. The molecule has 0 atom stereocenters. The number of benzene rings is 2. The van der Waals surface area contributed by atoms with Gasteiger partial charge in [-0.15, -0.1) is 0 Å². The number of nitrogens with zero attached hydrogens (tertiary/aromatic N) is 2. The van der Waals surface area contributed by atoms with Gasteiger partial charge < -0.3 is 15.5 Å². The Kier molecular flexibility index (Phi) is 7.10. The van der Waals surface area contributed by atoms with E-state index < -0.39 is 0 Å². The van der Waals surface area contributed by atoms with Gasteiger partial charge in [-0.3, -0.25) is 4.90 Å². The van der Waals surface area contributed by atoms with E-state index in [1.807, 2.05) is 12.1 Å². The van der Waals surface area contributed by atoms with Crippen LogP contribution in [0.2, 0.25) is 5.02 Å². The number of hydrogen-bond acceptors (Lipinski definition) is 3. The molecule has 0 aliphatic carbocycles. The summed E-state index contributed by atoms with van der Waals surface area (Å²) in [6, 6.07) is 11.1. The molecule has 1 aliphatic heterocycles. The van der Waals surface area contributed by atoms with Crippen LogP contribution in [0.3, 0.4) is 0 Å². The van der Waals surface area contributed by atoms with Crippen LogP contribution in [0.5, 0.6) is 0 Å². The monoisotopic (exact) mass is 420 g/mol. The highest BCUT2D eigenvalue weighted by molar-refractivity contribution is 7.80. The third-order valence-electron chi connectivity index (χ3n) is 5.21. The summed E-state index contributed by atoms with van der Waals surface area (Å²) in [5.41, 5.74) is 4.48. The molecule has 0 unspecified atom stereocenters. The molecule has 4 nitrogen and oxygen atoms in total. The maximum Gasteiger partial charge on any atom is 0.170 e. The van der Waals surface area contributed by atoms with Gasteiger partial charge in [0.15, 0.2) is 5.11 Å². The lowest BCUT2D eigenvalue weighted by Gasteiger charge is -2.36. The highest BCUT2D eigenvalue weighted by Crippen LogP contribution is 2.23. The lowest BCUT2D eigenvalue weighted by atomic mass is 10.1. The third kappa shape index (κ3) is 5.34. The number of nitrogens with one attached hydrogen (secondary N) is 2. The predicted octanol–water partition coefficient (Wildman–Crippen LogP) is 4.20. The molecular formula is C21H26ClFN4S. The van der Waals surface area contributed by atoms with Crippen molar-refractivity contribution >= 4 is 40.3 Å². The van der Waals surface area contributed by atoms with Gasteiger partial charge in [-0.05, 0) is 61.5 Å². The van der Waals surface area contributed by atoms with E-state index >= 15 is 0 Å². The molecular weight excluding hydrogens is 395 g/mol. The quantitative estimate of drug-likeness (QED) is 0.708. The maximum atomic E-state index is 13.3. The average Bonchev–Trinajstić information content (AvgIpc) is 2.68. The second kappa shape index (κ2) is 9.54. The molecule has 0 radical (unpaired) electrons. The number of rotatable bonds is 5. The number of thiocarbonyl (C=S) groups is 1. The zero-order valence-corrected chi connectivity index (χ0v) is 17.8. The zero-order chi connectivity index (χ0) is 20.1. The Morgan fingerprint density at radius 3 is 2.61 bits per heavy atom. The van der Waals surface area contributed by atoms with Gasteiger partial charge in [0.2, 0.25) is 0 Å². The lowest BCUT2D eigenvalue weighted by molar-refractivity contribution is 0.262. The predicted molar refractivity (Wildman–Crippen MR) is 120 cm³/mol. The topological polar surface area (TPSA) is 30.5 Å². The fraction of sp³-hybridized carbons (Fsp3) is 0.381. The van der Waals surface area contributed by atoms with Crippen LogP contribution in [0.15, 0.2) is 36.4 Å². The Morgan fingerprint density at radius 1 is 1.14 bits per heavy atom. The van der Waals surface area contributed by atoms with Gasteiger partial charge >= 0.3 is 0 Å². The Labute approximate surface area is 176 Å². The summed E-state index contributed by atoms with van der Waals surface area (Å²) in [4.78, 5) is 4.64. The van der Waals surface area contributed by atoms with E-state index in [0.717, 1.165) is 50.6 Å². The van der Waals surface area contributed by atoms with Crippen LogP contribution in [0.1, 0.15) is 11.1 Å². The minimum Gasteiger partial charge on any atom is -0.369 e. The molecule has 28 heavy (non-hydrogen) atoms. The first-order valence-corrected chi connectivity index (χ1v) is 10.3. The highest BCUT2D eigenvalue weighted by Gasteiger charge is 2.17. The molecule has 0 aromatic heterocycles. The molecule has 0 bridgehead atoms. The molecule has 2 aromatic rings. The summed E-state index contributed by atoms with van der Waals surface area (Å²) in [6.45, 7) is 9.60. The molecule has 0 amide bonds. The average molecular weight is 421 g/mol. The van der Waals surface area contributed by atoms with Gasteiger partial charge in [0.05, 0.1) is 5.02 Å². The van der Waals surface area contributed by atoms with Crippen molar-refractivity contribution in [3.63, 3.8) is 0 Å². The third-order valence-corrected chi connectivity index (χ3v) is 5.74. The fourth-order valence-electron chi connectivity index (χ4n) is 3.29. The van der Waals surface area contributed by atoms with E-state index in [9.17, 15) is 4.39 Å². The SMILES string of the molecule is Cc1cccc(NC(=S)NCCN2CCN(c3ccc(F)c(Cl)c3)CC2)c1C. The zero-order valence-electron chi connectivity index (χ0n) is 16.3. The summed E-state index contributed by atoms with van der Waals surface area (Å²) in [5.74, 6) is -0.374. The number of hydrogen-bond donors (Lipinski definition) is 2. The van der Waals surface area contributed by atoms with Crippen LogP contribution in [-0.2, 0) is 0 Å². The first-order valence-electron chi connectivity index (χ1n) is 9.47. The van der Waals surface area contributed by atoms with Gasteiger partial charge in [-0.2, -0.15) is 0 Å². The van der Waals surface area contributed by atoms with Gasteiger partial charge in [0.1, 0.15) is 5.82 Å². The Hall–Kier alpha value is -1.89. The Morgan fingerprint density at radius 2 is 1.89 bits per heavy atom. The molecule has 0 spiro atoms. The first kappa shape index (κ1) is 20.8. The van der Waals surface area contributed by atoms with Gasteiger partial charge in [-0.25, -0.2) is 4.39 Å². The van der Waals surface area contributed by atoms with E-state index in [2.05, 4.69) is 40.3 Å².